The molecule has 1 N–H and O–H groups in total. The van der Waals surface area contributed by atoms with E-state index in [1.165, 1.54) is 53.4 Å². The van der Waals surface area contributed by atoms with E-state index >= 15 is 0 Å². The first-order valence-electron chi connectivity index (χ1n) is 14.2. The molecule has 0 aliphatic heterocycles. The predicted octanol–water partition coefficient (Wildman–Crippen LogP) is 5.63. The number of amides is 2. The molecule has 0 saturated carbocycles. The number of nitrogens with zero attached hydrogens (tertiary/aromatic N) is 2. The Balaban J connectivity index is 1.79. The molecule has 0 bridgehead atoms. The Morgan fingerprint density at radius 1 is 0.773 bits per heavy atom. The van der Waals surface area contributed by atoms with Gasteiger partial charge in [-0.3, -0.25) is 13.9 Å². The lowest BCUT2D eigenvalue weighted by molar-refractivity contribution is -0.140. The van der Waals surface area contributed by atoms with Crippen LogP contribution in [-0.4, -0.2) is 43.8 Å². The summed E-state index contributed by atoms with van der Waals surface area (Å²) in [6.45, 7) is 4.65. The van der Waals surface area contributed by atoms with E-state index < -0.39 is 46.1 Å². The van der Waals surface area contributed by atoms with Crippen molar-refractivity contribution in [1.29, 1.82) is 0 Å². The topological polar surface area (TPSA) is 86.8 Å². The van der Waals surface area contributed by atoms with Gasteiger partial charge in [0.1, 0.15) is 24.2 Å². The van der Waals surface area contributed by atoms with Crippen LogP contribution in [0.15, 0.2) is 108 Å². The van der Waals surface area contributed by atoms with Gasteiger partial charge >= 0.3 is 0 Å². The van der Waals surface area contributed by atoms with Crippen molar-refractivity contribution in [3.05, 3.63) is 131 Å². The number of rotatable bonds is 12. The summed E-state index contributed by atoms with van der Waals surface area (Å²) in [4.78, 5) is 29.2. The van der Waals surface area contributed by atoms with Gasteiger partial charge in [-0.05, 0) is 80.4 Å². The molecule has 7 nitrogen and oxygen atoms in total. The highest BCUT2D eigenvalue weighted by molar-refractivity contribution is 7.92. The number of halogens is 2. The molecule has 0 radical (unpaired) electrons. The molecule has 0 spiro atoms. The first-order valence-corrected chi connectivity index (χ1v) is 15.6. The highest BCUT2D eigenvalue weighted by atomic mass is 32.2. The summed E-state index contributed by atoms with van der Waals surface area (Å²) in [7, 11) is -4.30. The molecule has 0 aromatic heterocycles. The van der Waals surface area contributed by atoms with Gasteiger partial charge in [-0.25, -0.2) is 17.2 Å². The molecule has 1 atom stereocenters. The van der Waals surface area contributed by atoms with Crippen LogP contribution in [0.1, 0.15) is 30.5 Å². The molecule has 2 amide bonds. The Morgan fingerprint density at radius 3 is 1.91 bits per heavy atom. The monoisotopic (exact) mass is 619 g/mol. The average molecular weight is 620 g/mol. The lowest BCUT2D eigenvalue weighted by Crippen LogP contribution is -2.54. The van der Waals surface area contributed by atoms with Gasteiger partial charge in [-0.15, -0.1) is 0 Å². The lowest BCUT2D eigenvalue weighted by atomic mass is 10.0. The Labute approximate surface area is 257 Å². The summed E-state index contributed by atoms with van der Waals surface area (Å²) < 4.78 is 56.5. The van der Waals surface area contributed by atoms with E-state index in [1.54, 1.807) is 26.0 Å². The third kappa shape index (κ3) is 8.29. The smallest absolute Gasteiger partial charge is 0.264 e. The van der Waals surface area contributed by atoms with E-state index in [4.69, 9.17) is 0 Å². The zero-order chi connectivity index (χ0) is 31.9. The van der Waals surface area contributed by atoms with Crippen molar-refractivity contribution in [2.75, 3.05) is 10.8 Å². The number of anilines is 1. The first-order chi connectivity index (χ1) is 20.9. The Bertz CT molecular complexity index is 1660. The van der Waals surface area contributed by atoms with Crippen LogP contribution in [0.5, 0.6) is 0 Å². The number of hydrogen-bond acceptors (Lipinski definition) is 4. The Morgan fingerprint density at radius 2 is 1.34 bits per heavy atom. The summed E-state index contributed by atoms with van der Waals surface area (Å²) in [5, 5.41) is 2.88. The molecule has 10 heteroatoms. The summed E-state index contributed by atoms with van der Waals surface area (Å²) in [6.07, 6.45) is 0.146. The quantitative estimate of drug-likeness (QED) is 0.223. The minimum atomic E-state index is -4.30. The third-order valence-electron chi connectivity index (χ3n) is 6.97. The van der Waals surface area contributed by atoms with Gasteiger partial charge in [0.2, 0.25) is 11.8 Å². The molecule has 0 aliphatic rings. The molecular formula is C34H35F2N3O4S. The van der Waals surface area contributed by atoms with Gasteiger partial charge in [0, 0.05) is 19.0 Å². The van der Waals surface area contributed by atoms with Crippen molar-refractivity contribution in [2.45, 2.75) is 50.7 Å². The summed E-state index contributed by atoms with van der Waals surface area (Å²) in [5.74, 6) is -2.13. The summed E-state index contributed by atoms with van der Waals surface area (Å²) in [6, 6.07) is 24.4. The zero-order valence-electron chi connectivity index (χ0n) is 24.8. The molecule has 0 aliphatic carbocycles. The highest BCUT2D eigenvalue weighted by Crippen LogP contribution is 2.26. The fourth-order valence-corrected chi connectivity index (χ4v) is 6.11. The van der Waals surface area contributed by atoms with Crippen LogP contribution in [0.4, 0.5) is 14.5 Å². The highest BCUT2D eigenvalue weighted by Gasteiger charge is 2.34. The first kappa shape index (κ1) is 32.3. The fourth-order valence-electron chi connectivity index (χ4n) is 4.69. The largest absolute Gasteiger partial charge is 0.352 e. The zero-order valence-corrected chi connectivity index (χ0v) is 25.6. The molecule has 0 fully saturated rings. The van der Waals surface area contributed by atoms with E-state index in [0.29, 0.717) is 5.56 Å². The van der Waals surface area contributed by atoms with Gasteiger partial charge in [0.05, 0.1) is 10.6 Å². The van der Waals surface area contributed by atoms with E-state index in [0.717, 1.165) is 27.6 Å². The number of sulfonamides is 1. The van der Waals surface area contributed by atoms with Gasteiger partial charge in [-0.1, -0.05) is 60.2 Å². The van der Waals surface area contributed by atoms with Crippen LogP contribution in [0, 0.1) is 18.6 Å². The average Bonchev–Trinajstić information content (AvgIpc) is 2.99. The number of hydrogen-bond donors (Lipinski definition) is 1. The van der Waals surface area contributed by atoms with E-state index in [9.17, 15) is 26.8 Å². The third-order valence-corrected chi connectivity index (χ3v) is 8.76. The number of benzene rings is 4. The molecule has 4 aromatic carbocycles. The van der Waals surface area contributed by atoms with E-state index in [1.807, 2.05) is 37.3 Å². The second-order valence-electron chi connectivity index (χ2n) is 10.8. The molecule has 0 heterocycles. The maximum absolute atomic E-state index is 14.3. The van der Waals surface area contributed by atoms with Crippen LogP contribution in [0.25, 0.3) is 0 Å². The molecule has 0 saturated heterocycles. The van der Waals surface area contributed by atoms with Gasteiger partial charge in [0.25, 0.3) is 10.0 Å². The fraction of sp³-hybridized carbons (Fsp3) is 0.235. The normalized spacial score (nSPS) is 12.0. The van der Waals surface area contributed by atoms with Crippen molar-refractivity contribution in [1.82, 2.24) is 10.2 Å². The number of carbonyl (C=O) groups excluding carboxylic acids is 2. The standard InChI is InChI=1S/C34H35F2N3O4S/c1-24(2)37-34(41)32(21-26-7-5-4-6-8-26)38(22-27-11-13-28(35)14-12-27)33(40)23-39(30-17-15-29(36)16-18-30)44(42,43)31-19-9-25(3)10-20-31/h4-20,24,32H,21-23H2,1-3H3,(H,37,41)/t32-/m1/s1. The summed E-state index contributed by atoms with van der Waals surface area (Å²) in [5.41, 5.74) is 2.26. The van der Waals surface area contributed by atoms with E-state index in [-0.39, 0.29) is 29.6 Å². The van der Waals surface area contributed by atoms with Crippen molar-refractivity contribution in [3.63, 3.8) is 0 Å². The van der Waals surface area contributed by atoms with Gasteiger partial charge in [0.15, 0.2) is 0 Å². The van der Waals surface area contributed by atoms with Crippen LogP contribution >= 0.6 is 0 Å². The molecular weight excluding hydrogens is 584 g/mol. The minimum Gasteiger partial charge on any atom is -0.352 e. The molecule has 0 unspecified atom stereocenters. The van der Waals surface area contributed by atoms with Gasteiger partial charge in [-0.2, -0.15) is 0 Å². The van der Waals surface area contributed by atoms with Crippen molar-refractivity contribution < 1.29 is 26.8 Å². The van der Waals surface area contributed by atoms with Crippen LogP contribution in [0.2, 0.25) is 0 Å². The molecule has 4 rings (SSSR count). The number of carbonyl (C=O) groups is 2. The number of aryl methyl sites for hydroxylation is 1. The SMILES string of the molecule is Cc1ccc(S(=O)(=O)N(CC(=O)N(Cc2ccc(F)cc2)[C@H](Cc2ccccc2)C(=O)NC(C)C)c2ccc(F)cc2)cc1. The van der Waals surface area contributed by atoms with E-state index in [2.05, 4.69) is 5.32 Å². The van der Waals surface area contributed by atoms with Crippen LogP contribution < -0.4 is 9.62 Å². The van der Waals surface area contributed by atoms with Crippen molar-refractivity contribution in [2.24, 2.45) is 0 Å². The Kier molecular flexibility index (Phi) is 10.5. The number of nitrogens with one attached hydrogen (secondary N) is 1. The molecule has 4 aromatic rings. The molecule has 230 valence electrons. The maximum Gasteiger partial charge on any atom is 0.264 e. The van der Waals surface area contributed by atoms with Crippen LogP contribution in [0.3, 0.4) is 0 Å². The Hall–Kier alpha value is -4.57. The maximum atomic E-state index is 14.3. The second-order valence-corrected chi connectivity index (χ2v) is 12.7. The molecule has 44 heavy (non-hydrogen) atoms. The van der Waals surface area contributed by atoms with Crippen molar-refractivity contribution in [3.8, 4) is 0 Å². The van der Waals surface area contributed by atoms with Crippen LogP contribution in [-0.2, 0) is 32.6 Å². The summed E-state index contributed by atoms with van der Waals surface area (Å²) >= 11 is 0. The lowest BCUT2D eigenvalue weighted by Gasteiger charge is -2.34. The van der Waals surface area contributed by atoms with Gasteiger partial charge < -0.3 is 10.2 Å². The van der Waals surface area contributed by atoms with Crippen molar-refractivity contribution >= 4 is 27.5 Å². The minimum absolute atomic E-state index is 0.0521. The predicted molar refractivity (Wildman–Crippen MR) is 166 cm³/mol. The second kappa shape index (κ2) is 14.3.